The smallest absolute Gasteiger partial charge is 0.275 e. The van der Waals surface area contributed by atoms with Crippen molar-refractivity contribution in [2.45, 2.75) is 6.92 Å². The summed E-state index contributed by atoms with van der Waals surface area (Å²) in [5.41, 5.74) is 1.78. The van der Waals surface area contributed by atoms with E-state index in [4.69, 9.17) is 11.6 Å². The van der Waals surface area contributed by atoms with Crippen LogP contribution >= 0.6 is 11.6 Å². The van der Waals surface area contributed by atoms with Crippen LogP contribution in [0.15, 0.2) is 35.3 Å². The molecule has 2 amide bonds. The Bertz CT molecular complexity index is 521. The van der Waals surface area contributed by atoms with Gasteiger partial charge in [-0.2, -0.15) is 0 Å². The maximum absolute atomic E-state index is 11.5. The van der Waals surface area contributed by atoms with Crippen LogP contribution in [0.3, 0.4) is 0 Å². The molecule has 4 nitrogen and oxygen atoms in total. The summed E-state index contributed by atoms with van der Waals surface area (Å²) in [4.78, 5) is 25.5. The van der Waals surface area contributed by atoms with Crippen LogP contribution in [0.4, 0.5) is 0 Å². The first-order chi connectivity index (χ1) is 8.60. The number of halogens is 1. The molecule has 94 valence electrons. The van der Waals surface area contributed by atoms with Crippen molar-refractivity contribution in [3.05, 3.63) is 40.9 Å². The molecule has 0 heterocycles. The zero-order valence-electron chi connectivity index (χ0n) is 10.1. The van der Waals surface area contributed by atoms with E-state index in [1.807, 2.05) is 30.4 Å². The highest BCUT2D eigenvalue weighted by Crippen LogP contribution is 2.22. The van der Waals surface area contributed by atoms with Gasteiger partial charge >= 0.3 is 0 Å². The van der Waals surface area contributed by atoms with Crippen molar-refractivity contribution >= 4 is 35.2 Å². The molecule has 1 aromatic carbocycles. The minimum Gasteiger partial charge on any atom is -0.294 e. The van der Waals surface area contributed by atoms with Gasteiger partial charge in [0, 0.05) is 12.1 Å². The topological polar surface area (TPSA) is 58.5 Å². The average molecular weight is 265 g/mol. The summed E-state index contributed by atoms with van der Waals surface area (Å²) >= 11 is 6.05. The molecule has 0 saturated carbocycles. The monoisotopic (exact) mass is 264 g/mol. The Kier molecular flexibility index (Phi) is 5.27. The van der Waals surface area contributed by atoms with E-state index in [2.05, 4.69) is 4.99 Å². The lowest BCUT2D eigenvalue weighted by molar-refractivity contribution is -0.120. The zero-order valence-corrected chi connectivity index (χ0v) is 10.9. The van der Waals surface area contributed by atoms with E-state index >= 15 is 0 Å². The summed E-state index contributed by atoms with van der Waals surface area (Å²) in [6, 6.07) is 7.29. The molecule has 1 aromatic rings. The first-order valence-electron chi connectivity index (χ1n) is 5.24. The number of hydrogen-bond acceptors (Lipinski definition) is 3. The van der Waals surface area contributed by atoms with Crippen LogP contribution in [0, 0.1) is 0 Å². The Morgan fingerprint density at radius 3 is 2.61 bits per heavy atom. The molecule has 0 atom stereocenters. The van der Waals surface area contributed by atoms with Crippen molar-refractivity contribution in [2.24, 2.45) is 4.99 Å². The second kappa shape index (κ2) is 6.71. The van der Waals surface area contributed by atoms with Crippen LogP contribution in [0.2, 0.25) is 5.02 Å². The third-order valence-electron chi connectivity index (χ3n) is 2.32. The molecule has 18 heavy (non-hydrogen) atoms. The van der Waals surface area contributed by atoms with E-state index in [1.165, 1.54) is 7.05 Å². The number of allylic oxidation sites excluding steroid dienone is 1. The molecule has 0 spiro atoms. The predicted octanol–water partition coefficient (Wildman–Crippen LogP) is 2.09. The molecule has 1 N–H and O–H groups in total. The van der Waals surface area contributed by atoms with Gasteiger partial charge in [-0.25, -0.2) is 0 Å². The van der Waals surface area contributed by atoms with E-state index in [0.717, 1.165) is 11.1 Å². The fourth-order valence-electron chi connectivity index (χ4n) is 1.42. The fraction of sp³-hybridized carbons (Fsp3) is 0.154. The quantitative estimate of drug-likeness (QED) is 0.669. The SMILES string of the molecule is CN=C(/C=C(\C)c1ccccc1Cl)C(=O)NC=O. The molecule has 0 aliphatic rings. The highest BCUT2D eigenvalue weighted by molar-refractivity contribution is 6.45. The lowest BCUT2D eigenvalue weighted by Gasteiger charge is -2.05. The normalized spacial score (nSPS) is 12.2. The molecule has 0 bridgehead atoms. The number of aliphatic imine (C=N–C) groups is 1. The van der Waals surface area contributed by atoms with E-state index < -0.39 is 5.91 Å². The lowest BCUT2D eigenvalue weighted by Crippen LogP contribution is -2.28. The van der Waals surface area contributed by atoms with Crippen molar-refractivity contribution < 1.29 is 9.59 Å². The molecule has 0 radical (unpaired) electrons. The highest BCUT2D eigenvalue weighted by Gasteiger charge is 2.09. The minimum atomic E-state index is -0.543. The van der Waals surface area contributed by atoms with E-state index in [0.29, 0.717) is 11.4 Å². The summed E-state index contributed by atoms with van der Waals surface area (Å²) < 4.78 is 0. The summed E-state index contributed by atoms with van der Waals surface area (Å²) in [6.07, 6.45) is 1.91. The molecule has 0 unspecified atom stereocenters. The predicted molar refractivity (Wildman–Crippen MR) is 72.7 cm³/mol. The fourth-order valence-corrected chi connectivity index (χ4v) is 1.71. The number of carbonyl (C=O) groups excluding carboxylic acids is 2. The van der Waals surface area contributed by atoms with Gasteiger partial charge in [0.15, 0.2) is 0 Å². The van der Waals surface area contributed by atoms with Crippen LogP contribution in [0.25, 0.3) is 5.57 Å². The number of amides is 2. The number of carbonyl (C=O) groups is 2. The number of imide groups is 1. The summed E-state index contributed by atoms with van der Waals surface area (Å²) in [7, 11) is 1.48. The Labute approximate surface area is 110 Å². The number of nitrogens with one attached hydrogen (secondary N) is 1. The molecule has 1 rings (SSSR count). The van der Waals surface area contributed by atoms with Crippen molar-refractivity contribution in [3.63, 3.8) is 0 Å². The van der Waals surface area contributed by atoms with E-state index in [1.54, 1.807) is 12.1 Å². The van der Waals surface area contributed by atoms with Crippen LogP contribution in [0.1, 0.15) is 12.5 Å². The van der Waals surface area contributed by atoms with E-state index in [9.17, 15) is 9.59 Å². The van der Waals surface area contributed by atoms with Crippen LogP contribution in [-0.2, 0) is 9.59 Å². The summed E-state index contributed by atoms with van der Waals surface area (Å²) in [5.74, 6) is -0.543. The lowest BCUT2D eigenvalue weighted by atomic mass is 10.1. The van der Waals surface area contributed by atoms with Gasteiger partial charge in [-0.1, -0.05) is 29.8 Å². The summed E-state index contributed by atoms with van der Waals surface area (Å²) in [6.45, 7) is 1.82. The molecule has 0 fully saturated rings. The third-order valence-corrected chi connectivity index (χ3v) is 2.65. The highest BCUT2D eigenvalue weighted by atomic mass is 35.5. The molecule has 0 aliphatic carbocycles. The van der Waals surface area contributed by atoms with Crippen LogP contribution in [-0.4, -0.2) is 25.1 Å². The van der Waals surface area contributed by atoms with Crippen molar-refractivity contribution in [2.75, 3.05) is 7.05 Å². The third kappa shape index (κ3) is 3.53. The maximum Gasteiger partial charge on any atom is 0.275 e. The number of hydrogen-bond donors (Lipinski definition) is 1. The maximum atomic E-state index is 11.5. The number of nitrogens with zero attached hydrogens (tertiary/aromatic N) is 1. The second-order valence-corrected chi connectivity index (χ2v) is 3.91. The van der Waals surface area contributed by atoms with Gasteiger partial charge in [-0.3, -0.25) is 19.9 Å². The van der Waals surface area contributed by atoms with Gasteiger partial charge in [0.2, 0.25) is 6.41 Å². The molecule has 0 aromatic heterocycles. The molecular weight excluding hydrogens is 252 g/mol. The molecule has 5 heteroatoms. The van der Waals surface area contributed by atoms with Gasteiger partial charge in [-0.05, 0) is 30.2 Å². The Hall–Kier alpha value is -1.94. The van der Waals surface area contributed by atoms with Crippen LogP contribution in [0.5, 0.6) is 0 Å². The Morgan fingerprint density at radius 2 is 2.06 bits per heavy atom. The van der Waals surface area contributed by atoms with Gasteiger partial charge in [0.05, 0.1) is 0 Å². The van der Waals surface area contributed by atoms with Gasteiger partial charge in [0.1, 0.15) is 5.71 Å². The first kappa shape index (κ1) is 14.1. The standard InChI is InChI=1S/C13H13ClN2O2/c1-9(10-5-3-4-6-11(10)14)7-12(15-2)13(18)16-8-17/h3-8H,1-2H3,(H,16,17,18)/b9-7+,15-12?. The van der Waals surface area contributed by atoms with Gasteiger partial charge < -0.3 is 0 Å². The number of rotatable bonds is 4. The molecule has 0 saturated heterocycles. The van der Waals surface area contributed by atoms with Gasteiger partial charge in [-0.15, -0.1) is 0 Å². The van der Waals surface area contributed by atoms with E-state index in [-0.39, 0.29) is 5.71 Å². The zero-order chi connectivity index (χ0) is 13.5. The van der Waals surface area contributed by atoms with Crippen molar-refractivity contribution in [1.29, 1.82) is 0 Å². The Morgan fingerprint density at radius 1 is 1.39 bits per heavy atom. The second-order valence-electron chi connectivity index (χ2n) is 3.51. The van der Waals surface area contributed by atoms with Crippen LogP contribution < -0.4 is 5.32 Å². The first-order valence-corrected chi connectivity index (χ1v) is 5.62. The van der Waals surface area contributed by atoms with Gasteiger partial charge in [0.25, 0.3) is 5.91 Å². The minimum absolute atomic E-state index is 0.166. The number of benzene rings is 1. The Balaban J connectivity index is 3.05. The van der Waals surface area contributed by atoms with Crippen molar-refractivity contribution in [3.8, 4) is 0 Å². The average Bonchev–Trinajstić information content (AvgIpc) is 2.36. The molecular formula is C13H13ClN2O2. The summed E-state index contributed by atoms with van der Waals surface area (Å²) in [5, 5.41) is 2.64. The largest absolute Gasteiger partial charge is 0.294 e. The van der Waals surface area contributed by atoms with Crippen molar-refractivity contribution in [1.82, 2.24) is 5.32 Å². The molecule has 0 aliphatic heterocycles.